The van der Waals surface area contributed by atoms with E-state index in [9.17, 15) is 9.18 Å². The Morgan fingerprint density at radius 1 is 1.44 bits per heavy atom. The molecule has 18 heavy (non-hydrogen) atoms. The van der Waals surface area contributed by atoms with Crippen LogP contribution in [0.4, 0.5) is 4.39 Å². The van der Waals surface area contributed by atoms with Gasteiger partial charge in [-0.15, -0.1) is 0 Å². The predicted molar refractivity (Wildman–Crippen MR) is 73.5 cm³/mol. The largest absolute Gasteiger partial charge is 0.347 e. The van der Waals surface area contributed by atoms with Crippen LogP contribution >= 0.6 is 22.6 Å². The van der Waals surface area contributed by atoms with E-state index in [-0.39, 0.29) is 11.7 Å². The van der Waals surface area contributed by atoms with Crippen molar-refractivity contribution in [2.45, 2.75) is 6.54 Å². The van der Waals surface area contributed by atoms with Gasteiger partial charge in [-0.3, -0.25) is 9.48 Å². The first-order chi connectivity index (χ1) is 8.56. The number of nitrogens with one attached hydrogen (secondary N) is 1. The van der Waals surface area contributed by atoms with Crippen LogP contribution in [0.5, 0.6) is 0 Å². The van der Waals surface area contributed by atoms with E-state index in [4.69, 9.17) is 0 Å². The van der Waals surface area contributed by atoms with E-state index in [1.165, 1.54) is 12.1 Å². The number of benzene rings is 1. The molecule has 0 aliphatic rings. The molecule has 1 N–H and O–H groups in total. The zero-order valence-electron chi connectivity index (χ0n) is 9.65. The molecule has 0 spiro atoms. The molecule has 6 heteroatoms. The van der Waals surface area contributed by atoms with E-state index in [2.05, 4.69) is 33.0 Å². The highest BCUT2D eigenvalue weighted by Crippen LogP contribution is 2.09. The molecular formula is C12H11FIN3O. The summed E-state index contributed by atoms with van der Waals surface area (Å²) in [5, 5.41) is 6.82. The highest BCUT2D eigenvalue weighted by Gasteiger charge is 2.13. The van der Waals surface area contributed by atoms with E-state index in [0.717, 1.165) is 9.13 Å². The Bertz CT molecular complexity index is 565. The molecule has 1 amide bonds. The lowest BCUT2D eigenvalue weighted by Crippen LogP contribution is -2.24. The second-order valence-electron chi connectivity index (χ2n) is 3.81. The average molecular weight is 359 g/mol. The number of hydrogen-bond donors (Lipinski definition) is 1. The maximum Gasteiger partial charge on any atom is 0.273 e. The Balaban J connectivity index is 2.00. The SMILES string of the molecule is Cn1cc(I)c(C(=O)NCc2ccc(F)cc2)n1. The summed E-state index contributed by atoms with van der Waals surface area (Å²) in [4.78, 5) is 11.9. The minimum atomic E-state index is -0.288. The van der Waals surface area contributed by atoms with E-state index >= 15 is 0 Å². The van der Waals surface area contributed by atoms with Crippen LogP contribution in [0.3, 0.4) is 0 Å². The number of aryl methyl sites for hydroxylation is 1. The summed E-state index contributed by atoms with van der Waals surface area (Å²) in [6.45, 7) is 0.353. The summed E-state index contributed by atoms with van der Waals surface area (Å²) in [6, 6.07) is 6.01. The topological polar surface area (TPSA) is 46.9 Å². The second kappa shape index (κ2) is 5.47. The maximum atomic E-state index is 12.7. The summed E-state index contributed by atoms with van der Waals surface area (Å²) in [5.41, 5.74) is 1.25. The van der Waals surface area contributed by atoms with Crippen molar-refractivity contribution in [3.05, 3.63) is 51.1 Å². The highest BCUT2D eigenvalue weighted by atomic mass is 127. The van der Waals surface area contributed by atoms with Gasteiger partial charge < -0.3 is 5.32 Å². The van der Waals surface area contributed by atoms with Crippen molar-refractivity contribution in [3.8, 4) is 0 Å². The van der Waals surface area contributed by atoms with Gasteiger partial charge in [-0.05, 0) is 40.3 Å². The van der Waals surface area contributed by atoms with Crippen LogP contribution in [0, 0.1) is 9.39 Å². The first kappa shape index (κ1) is 13.0. The van der Waals surface area contributed by atoms with Crippen LogP contribution in [0.25, 0.3) is 0 Å². The first-order valence-electron chi connectivity index (χ1n) is 5.28. The molecule has 1 aromatic heterocycles. The number of carbonyl (C=O) groups is 1. The van der Waals surface area contributed by atoms with Crippen LogP contribution in [-0.2, 0) is 13.6 Å². The van der Waals surface area contributed by atoms with Crippen molar-refractivity contribution in [1.29, 1.82) is 0 Å². The zero-order valence-corrected chi connectivity index (χ0v) is 11.8. The monoisotopic (exact) mass is 359 g/mol. The number of nitrogens with zero attached hydrogens (tertiary/aromatic N) is 2. The van der Waals surface area contributed by atoms with Crippen molar-refractivity contribution >= 4 is 28.5 Å². The first-order valence-corrected chi connectivity index (χ1v) is 6.36. The van der Waals surface area contributed by atoms with Gasteiger partial charge in [0.05, 0.1) is 3.57 Å². The second-order valence-corrected chi connectivity index (χ2v) is 4.97. The zero-order chi connectivity index (χ0) is 13.1. The van der Waals surface area contributed by atoms with Crippen molar-refractivity contribution < 1.29 is 9.18 Å². The third-order valence-electron chi connectivity index (χ3n) is 2.37. The van der Waals surface area contributed by atoms with Gasteiger partial charge in [-0.25, -0.2) is 4.39 Å². The van der Waals surface area contributed by atoms with Crippen molar-refractivity contribution in [1.82, 2.24) is 15.1 Å². The number of aromatic nitrogens is 2. The van der Waals surface area contributed by atoms with Crippen LogP contribution < -0.4 is 5.32 Å². The van der Waals surface area contributed by atoms with Gasteiger partial charge in [0.2, 0.25) is 0 Å². The molecule has 0 saturated heterocycles. The van der Waals surface area contributed by atoms with Gasteiger partial charge in [-0.2, -0.15) is 5.10 Å². The van der Waals surface area contributed by atoms with Crippen LogP contribution in [0.1, 0.15) is 16.1 Å². The van der Waals surface area contributed by atoms with Crippen molar-refractivity contribution in [2.75, 3.05) is 0 Å². The summed E-state index contributed by atoms with van der Waals surface area (Å²) in [7, 11) is 1.76. The number of halogens is 2. The van der Waals surface area contributed by atoms with E-state index in [1.807, 2.05) is 0 Å². The quantitative estimate of drug-likeness (QED) is 0.854. The molecule has 94 valence electrons. The predicted octanol–water partition coefficient (Wildman–Crippen LogP) is 2.09. The third-order valence-corrected chi connectivity index (χ3v) is 3.15. The minimum absolute atomic E-state index is 0.232. The minimum Gasteiger partial charge on any atom is -0.347 e. The Morgan fingerprint density at radius 2 is 2.11 bits per heavy atom. The fourth-order valence-corrected chi connectivity index (χ4v) is 2.24. The van der Waals surface area contributed by atoms with Gasteiger partial charge in [-0.1, -0.05) is 12.1 Å². The fourth-order valence-electron chi connectivity index (χ4n) is 1.48. The fraction of sp³-hybridized carbons (Fsp3) is 0.167. The molecule has 1 heterocycles. The van der Waals surface area contributed by atoms with Crippen LogP contribution in [0.2, 0.25) is 0 Å². The third kappa shape index (κ3) is 3.06. The molecular weight excluding hydrogens is 348 g/mol. The molecule has 0 saturated carbocycles. The Hall–Kier alpha value is -1.44. The summed E-state index contributed by atoms with van der Waals surface area (Å²) >= 11 is 2.06. The lowest BCUT2D eigenvalue weighted by Gasteiger charge is -2.03. The molecule has 0 aliphatic carbocycles. The van der Waals surface area contributed by atoms with Crippen LogP contribution in [-0.4, -0.2) is 15.7 Å². The highest BCUT2D eigenvalue weighted by molar-refractivity contribution is 14.1. The Morgan fingerprint density at radius 3 is 2.67 bits per heavy atom. The number of hydrogen-bond acceptors (Lipinski definition) is 2. The van der Waals surface area contributed by atoms with Gasteiger partial charge >= 0.3 is 0 Å². The molecule has 2 rings (SSSR count). The Labute approximate surface area is 117 Å². The maximum absolute atomic E-state index is 12.7. The lowest BCUT2D eigenvalue weighted by molar-refractivity contribution is 0.0944. The molecule has 0 aliphatic heterocycles. The molecule has 1 aromatic carbocycles. The van der Waals surface area contributed by atoms with E-state index in [0.29, 0.717) is 12.2 Å². The molecule has 2 aromatic rings. The summed E-state index contributed by atoms with van der Waals surface area (Å²) < 4.78 is 15.1. The van der Waals surface area contributed by atoms with E-state index < -0.39 is 0 Å². The smallest absolute Gasteiger partial charge is 0.273 e. The normalized spacial score (nSPS) is 10.4. The standard InChI is InChI=1S/C12H11FIN3O/c1-17-7-10(14)11(16-17)12(18)15-6-8-2-4-9(13)5-3-8/h2-5,7H,6H2,1H3,(H,15,18). The molecule has 0 radical (unpaired) electrons. The molecule has 0 atom stereocenters. The summed E-state index contributed by atoms with van der Waals surface area (Å²) in [5.74, 6) is -0.520. The lowest BCUT2D eigenvalue weighted by atomic mass is 10.2. The van der Waals surface area contributed by atoms with E-state index in [1.54, 1.807) is 30.1 Å². The van der Waals surface area contributed by atoms with Gasteiger partial charge in [0.25, 0.3) is 5.91 Å². The van der Waals surface area contributed by atoms with Gasteiger partial charge in [0, 0.05) is 19.8 Å². The number of carbonyl (C=O) groups excluding carboxylic acids is 1. The molecule has 0 bridgehead atoms. The Kier molecular flexibility index (Phi) is 3.95. The number of rotatable bonds is 3. The van der Waals surface area contributed by atoms with Crippen LogP contribution in [0.15, 0.2) is 30.5 Å². The summed E-state index contributed by atoms with van der Waals surface area (Å²) in [6.07, 6.45) is 1.77. The molecule has 0 unspecified atom stereocenters. The average Bonchev–Trinajstić information content (AvgIpc) is 2.67. The molecule has 0 fully saturated rings. The van der Waals surface area contributed by atoms with Gasteiger partial charge in [0.15, 0.2) is 5.69 Å². The number of amides is 1. The molecule has 4 nitrogen and oxygen atoms in total. The van der Waals surface area contributed by atoms with Crippen molar-refractivity contribution in [3.63, 3.8) is 0 Å². The van der Waals surface area contributed by atoms with Gasteiger partial charge in [0.1, 0.15) is 5.82 Å². The van der Waals surface area contributed by atoms with Crippen molar-refractivity contribution in [2.24, 2.45) is 7.05 Å².